The van der Waals surface area contributed by atoms with Crippen LogP contribution in [0.2, 0.25) is 0 Å². The minimum atomic E-state index is 0.189. The fourth-order valence-electron chi connectivity index (χ4n) is 3.31. The van der Waals surface area contributed by atoms with Crippen LogP contribution in [0.3, 0.4) is 0 Å². The fraction of sp³-hybridized carbons (Fsp3) is 1.00. The molecule has 2 rings (SSSR count). The standard InChI is InChI=1S/C15H30N2O/c1-2-17(14-6-7-14)11-10-16-12-15(13-18)8-4-3-5-9-15/h14,16,18H,2-13H2,1H3. The average Bonchev–Trinajstić information content (AvgIpc) is 3.24. The molecule has 0 unspecified atom stereocenters. The molecule has 2 saturated carbocycles. The van der Waals surface area contributed by atoms with Gasteiger partial charge >= 0.3 is 0 Å². The van der Waals surface area contributed by atoms with E-state index < -0.39 is 0 Å². The monoisotopic (exact) mass is 254 g/mol. The van der Waals surface area contributed by atoms with Crippen LogP contribution in [-0.2, 0) is 0 Å². The highest BCUT2D eigenvalue weighted by Crippen LogP contribution is 2.35. The Balaban J connectivity index is 1.63. The van der Waals surface area contributed by atoms with Gasteiger partial charge in [-0.3, -0.25) is 4.90 Å². The number of aliphatic hydroxyl groups is 1. The lowest BCUT2D eigenvalue weighted by atomic mass is 9.74. The highest BCUT2D eigenvalue weighted by molar-refractivity contribution is 4.86. The number of likely N-dealkylation sites (N-methyl/N-ethyl adjacent to an activating group) is 1. The van der Waals surface area contributed by atoms with E-state index in [0.29, 0.717) is 6.61 Å². The fourth-order valence-corrected chi connectivity index (χ4v) is 3.31. The van der Waals surface area contributed by atoms with Crippen molar-refractivity contribution >= 4 is 0 Å². The van der Waals surface area contributed by atoms with Crippen LogP contribution < -0.4 is 5.32 Å². The highest BCUT2D eigenvalue weighted by Gasteiger charge is 2.31. The van der Waals surface area contributed by atoms with Gasteiger partial charge in [-0.25, -0.2) is 0 Å². The zero-order valence-corrected chi connectivity index (χ0v) is 12.0. The van der Waals surface area contributed by atoms with Crippen molar-refractivity contribution in [2.75, 3.05) is 32.8 Å². The van der Waals surface area contributed by atoms with Gasteiger partial charge in [0.25, 0.3) is 0 Å². The number of aliphatic hydroxyl groups excluding tert-OH is 1. The van der Waals surface area contributed by atoms with E-state index >= 15 is 0 Å². The Morgan fingerprint density at radius 3 is 2.50 bits per heavy atom. The van der Waals surface area contributed by atoms with Crippen molar-refractivity contribution in [1.82, 2.24) is 10.2 Å². The predicted molar refractivity (Wildman–Crippen MR) is 75.7 cm³/mol. The average molecular weight is 254 g/mol. The largest absolute Gasteiger partial charge is 0.396 e. The predicted octanol–water partition coefficient (Wildman–Crippen LogP) is 2.00. The molecule has 106 valence electrons. The summed E-state index contributed by atoms with van der Waals surface area (Å²) in [5, 5.41) is 13.2. The first-order valence-electron chi connectivity index (χ1n) is 7.85. The Hall–Kier alpha value is -0.120. The Morgan fingerprint density at radius 2 is 1.94 bits per heavy atom. The molecule has 0 radical (unpaired) electrons. The van der Waals surface area contributed by atoms with E-state index in [2.05, 4.69) is 17.1 Å². The molecule has 3 nitrogen and oxygen atoms in total. The van der Waals surface area contributed by atoms with Crippen molar-refractivity contribution < 1.29 is 5.11 Å². The SMILES string of the molecule is CCN(CCNCC1(CO)CCCCC1)C1CC1. The molecule has 2 N–H and O–H groups in total. The second-order valence-electron chi connectivity index (χ2n) is 6.26. The third-order valence-electron chi connectivity index (χ3n) is 4.79. The van der Waals surface area contributed by atoms with Crippen LogP contribution in [0.1, 0.15) is 51.9 Å². The number of nitrogens with zero attached hydrogens (tertiary/aromatic N) is 1. The van der Waals surface area contributed by atoms with Gasteiger partial charge in [0, 0.05) is 37.7 Å². The third kappa shape index (κ3) is 3.94. The van der Waals surface area contributed by atoms with Gasteiger partial charge in [-0.05, 0) is 32.2 Å². The minimum Gasteiger partial charge on any atom is -0.396 e. The number of hydrogen-bond acceptors (Lipinski definition) is 3. The second-order valence-corrected chi connectivity index (χ2v) is 6.26. The van der Waals surface area contributed by atoms with Crippen LogP contribution in [0, 0.1) is 5.41 Å². The van der Waals surface area contributed by atoms with Crippen molar-refractivity contribution in [3.05, 3.63) is 0 Å². The Bertz CT molecular complexity index is 235. The maximum absolute atomic E-state index is 9.64. The summed E-state index contributed by atoms with van der Waals surface area (Å²) in [4.78, 5) is 2.58. The summed E-state index contributed by atoms with van der Waals surface area (Å²) in [6.07, 6.45) is 9.15. The zero-order valence-electron chi connectivity index (χ0n) is 12.0. The molecular formula is C15H30N2O. The Kier molecular flexibility index (Phi) is 5.46. The molecule has 0 heterocycles. The van der Waals surface area contributed by atoms with Crippen molar-refractivity contribution in [2.24, 2.45) is 5.41 Å². The van der Waals surface area contributed by atoms with Crippen LogP contribution in [0.25, 0.3) is 0 Å². The first-order chi connectivity index (χ1) is 8.79. The molecule has 18 heavy (non-hydrogen) atoms. The van der Waals surface area contributed by atoms with Crippen molar-refractivity contribution in [3.8, 4) is 0 Å². The van der Waals surface area contributed by atoms with E-state index in [-0.39, 0.29) is 5.41 Å². The molecule has 2 fully saturated rings. The minimum absolute atomic E-state index is 0.189. The summed E-state index contributed by atoms with van der Waals surface area (Å²) in [6.45, 7) is 7.05. The van der Waals surface area contributed by atoms with E-state index in [1.165, 1.54) is 58.0 Å². The molecule has 0 saturated heterocycles. The molecule has 2 aliphatic rings. The third-order valence-corrected chi connectivity index (χ3v) is 4.79. The first kappa shape index (κ1) is 14.3. The molecule has 3 heteroatoms. The summed E-state index contributed by atoms with van der Waals surface area (Å²) < 4.78 is 0. The van der Waals surface area contributed by atoms with Gasteiger partial charge in [-0.1, -0.05) is 26.2 Å². The zero-order chi connectivity index (χ0) is 12.8. The lowest BCUT2D eigenvalue weighted by Crippen LogP contribution is -2.42. The van der Waals surface area contributed by atoms with E-state index in [1.807, 2.05) is 0 Å². The number of nitrogens with one attached hydrogen (secondary N) is 1. The molecule has 0 aliphatic heterocycles. The molecule has 0 atom stereocenters. The van der Waals surface area contributed by atoms with Crippen LogP contribution in [0.5, 0.6) is 0 Å². The van der Waals surface area contributed by atoms with Gasteiger partial charge in [0.2, 0.25) is 0 Å². The van der Waals surface area contributed by atoms with E-state index in [9.17, 15) is 5.11 Å². The lowest BCUT2D eigenvalue weighted by Gasteiger charge is -2.36. The quantitative estimate of drug-likeness (QED) is 0.650. The topological polar surface area (TPSA) is 35.5 Å². The molecule has 0 aromatic carbocycles. The van der Waals surface area contributed by atoms with Gasteiger partial charge in [0.15, 0.2) is 0 Å². The summed E-state index contributed by atoms with van der Waals surface area (Å²) in [5.74, 6) is 0. The second kappa shape index (κ2) is 6.88. The lowest BCUT2D eigenvalue weighted by molar-refractivity contribution is 0.0806. The molecule has 0 aromatic heterocycles. The molecule has 0 spiro atoms. The number of hydrogen-bond donors (Lipinski definition) is 2. The summed E-state index contributed by atoms with van der Waals surface area (Å²) in [5.41, 5.74) is 0.189. The molecule has 0 bridgehead atoms. The summed E-state index contributed by atoms with van der Waals surface area (Å²) >= 11 is 0. The van der Waals surface area contributed by atoms with Crippen LogP contribution in [0.4, 0.5) is 0 Å². The normalized spacial score (nSPS) is 23.5. The molecule has 0 aromatic rings. The smallest absolute Gasteiger partial charge is 0.0499 e. The first-order valence-corrected chi connectivity index (χ1v) is 7.85. The summed E-state index contributed by atoms with van der Waals surface area (Å²) in [6, 6.07) is 0.873. The van der Waals surface area contributed by atoms with Gasteiger partial charge in [-0.15, -0.1) is 0 Å². The highest BCUT2D eigenvalue weighted by atomic mass is 16.3. The van der Waals surface area contributed by atoms with Crippen molar-refractivity contribution in [1.29, 1.82) is 0 Å². The van der Waals surface area contributed by atoms with Gasteiger partial charge < -0.3 is 10.4 Å². The van der Waals surface area contributed by atoms with E-state index in [4.69, 9.17) is 0 Å². The Morgan fingerprint density at radius 1 is 1.22 bits per heavy atom. The molecular weight excluding hydrogens is 224 g/mol. The molecule has 2 aliphatic carbocycles. The van der Waals surface area contributed by atoms with E-state index in [0.717, 1.165) is 19.1 Å². The Labute approximate surface area is 112 Å². The van der Waals surface area contributed by atoms with Gasteiger partial charge in [-0.2, -0.15) is 0 Å². The maximum Gasteiger partial charge on any atom is 0.0499 e. The van der Waals surface area contributed by atoms with Gasteiger partial charge in [0.1, 0.15) is 0 Å². The molecule has 0 amide bonds. The van der Waals surface area contributed by atoms with Gasteiger partial charge in [0.05, 0.1) is 0 Å². The van der Waals surface area contributed by atoms with Crippen molar-refractivity contribution in [3.63, 3.8) is 0 Å². The number of rotatable bonds is 8. The van der Waals surface area contributed by atoms with E-state index in [1.54, 1.807) is 0 Å². The van der Waals surface area contributed by atoms with Crippen molar-refractivity contribution in [2.45, 2.75) is 57.9 Å². The maximum atomic E-state index is 9.64. The van der Waals surface area contributed by atoms with Crippen LogP contribution in [0.15, 0.2) is 0 Å². The summed E-state index contributed by atoms with van der Waals surface area (Å²) in [7, 11) is 0. The van der Waals surface area contributed by atoms with Crippen LogP contribution in [-0.4, -0.2) is 48.8 Å². The van der Waals surface area contributed by atoms with Crippen LogP contribution >= 0.6 is 0 Å².